The summed E-state index contributed by atoms with van der Waals surface area (Å²) in [6, 6.07) is 7.33. The van der Waals surface area contributed by atoms with Crippen LogP contribution in [-0.4, -0.2) is 26.3 Å². The third kappa shape index (κ3) is 2.63. The fourth-order valence-electron chi connectivity index (χ4n) is 1.57. The average molecular weight is 242 g/mol. The van der Waals surface area contributed by atoms with Crippen LogP contribution >= 0.6 is 0 Å². The Balaban J connectivity index is 1.92. The number of nitrogens with one attached hydrogen (secondary N) is 1. The number of aryl methyl sites for hydroxylation is 1. The molecule has 1 N–H and O–H groups in total. The molecular formula is C12H14N6. The quantitative estimate of drug-likeness (QED) is 0.866. The van der Waals surface area contributed by atoms with Gasteiger partial charge in [0.1, 0.15) is 29.2 Å². The molecule has 0 amide bonds. The molecule has 0 fully saturated rings. The van der Waals surface area contributed by atoms with Gasteiger partial charge in [0.15, 0.2) is 0 Å². The van der Waals surface area contributed by atoms with Crippen molar-refractivity contribution < 1.29 is 0 Å². The molecule has 0 saturated heterocycles. The first-order chi connectivity index (χ1) is 8.70. The highest BCUT2D eigenvalue weighted by atomic mass is 15.3. The lowest BCUT2D eigenvalue weighted by molar-refractivity contribution is 0.770. The maximum Gasteiger partial charge on any atom is 0.142 e. The van der Waals surface area contributed by atoms with Gasteiger partial charge in [0.2, 0.25) is 0 Å². The molecule has 0 radical (unpaired) electrons. The van der Waals surface area contributed by atoms with Gasteiger partial charge in [-0.05, 0) is 19.1 Å². The summed E-state index contributed by atoms with van der Waals surface area (Å²) in [7, 11) is 1.94. The summed E-state index contributed by atoms with van der Waals surface area (Å²) in [5, 5.41) is 20.0. The van der Waals surface area contributed by atoms with Gasteiger partial charge in [-0.25, -0.2) is 4.98 Å². The van der Waals surface area contributed by atoms with Crippen molar-refractivity contribution in [2.45, 2.75) is 13.3 Å². The summed E-state index contributed by atoms with van der Waals surface area (Å²) in [4.78, 5) is 4.13. The summed E-state index contributed by atoms with van der Waals surface area (Å²) in [5.41, 5.74) is 0.412. The maximum absolute atomic E-state index is 8.74. The minimum Gasteiger partial charge on any atom is -0.370 e. The van der Waals surface area contributed by atoms with Crippen molar-refractivity contribution >= 4 is 5.82 Å². The average Bonchev–Trinajstić information content (AvgIpc) is 2.71. The van der Waals surface area contributed by atoms with Gasteiger partial charge in [-0.15, -0.1) is 10.2 Å². The number of rotatable bonds is 4. The zero-order chi connectivity index (χ0) is 13.0. The predicted molar refractivity (Wildman–Crippen MR) is 66.9 cm³/mol. The lowest BCUT2D eigenvalue weighted by atomic mass is 10.3. The highest BCUT2D eigenvalue weighted by Crippen LogP contribution is 2.04. The smallest absolute Gasteiger partial charge is 0.142 e. The second-order valence-electron chi connectivity index (χ2n) is 3.92. The SMILES string of the molecule is Cc1nnc(CCNc2cccc(C#N)n2)n1C. The van der Waals surface area contributed by atoms with Crippen molar-refractivity contribution in [1.82, 2.24) is 19.7 Å². The van der Waals surface area contributed by atoms with E-state index in [9.17, 15) is 0 Å². The zero-order valence-electron chi connectivity index (χ0n) is 10.4. The highest BCUT2D eigenvalue weighted by molar-refractivity contribution is 5.38. The Kier molecular flexibility index (Phi) is 3.53. The predicted octanol–water partition coefficient (Wildman–Crippen LogP) is 1.04. The van der Waals surface area contributed by atoms with Crippen molar-refractivity contribution in [1.29, 1.82) is 5.26 Å². The van der Waals surface area contributed by atoms with Crippen molar-refractivity contribution in [3.63, 3.8) is 0 Å². The van der Waals surface area contributed by atoms with Crippen LogP contribution in [0, 0.1) is 18.3 Å². The van der Waals surface area contributed by atoms with Gasteiger partial charge < -0.3 is 9.88 Å². The normalized spacial score (nSPS) is 10.1. The standard InChI is InChI=1S/C12H14N6/c1-9-16-17-12(18(9)2)6-7-14-11-5-3-4-10(8-13)15-11/h3-5H,6-7H2,1-2H3,(H,14,15). The number of hydrogen-bond donors (Lipinski definition) is 1. The van der Waals surface area contributed by atoms with E-state index in [0.717, 1.165) is 18.1 Å². The molecule has 0 aliphatic carbocycles. The molecule has 0 spiro atoms. The van der Waals surface area contributed by atoms with E-state index in [4.69, 9.17) is 5.26 Å². The summed E-state index contributed by atoms with van der Waals surface area (Å²) in [6.07, 6.45) is 0.760. The van der Waals surface area contributed by atoms with Gasteiger partial charge in [-0.3, -0.25) is 0 Å². The van der Waals surface area contributed by atoms with Gasteiger partial charge in [0.05, 0.1) is 0 Å². The number of aromatic nitrogens is 4. The molecule has 0 bridgehead atoms. The number of hydrogen-bond acceptors (Lipinski definition) is 5. The van der Waals surface area contributed by atoms with E-state index in [1.807, 2.05) is 30.7 Å². The van der Waals surface area contributed by atoms with E-state index in [1.54, 1.807) is 12.1 Å². The van der Waals surface area contributed by atoms with E-state index >= 15 is 0 Å². The van der Waals surface area contributed by atoms with Crippen molar-refractivity contribution in [3.05, 3.63) is 35.5 Å². The van der Waals surface area contributed by atoms with Crippen LogP contribution in [0.2, 0.25) is 0 Å². The third-order valence-electron chi connectivity index (χ3n) is 2.70. The van der Waals surface area contributed by atoms with E-state index in [-0.39, 0.29) is 0 Å². The molecule has 0 aliphatic rings. The van der Waals surface area contributed by atoms with Crippen LogP contribution < -0.4 is 5.32 Å². The number of anilines is 1. The first-order valence-corrected chi connectivity index (χ1v) is 5.66. The molecular weight excluding hydrogens is 228 g/mol. The van der Waals surface area contributed by atoms with Crippen molar-refractivity contribution in [2.75, 3.05) is 11.9 Å². The topological polar surface area (TPSA) is 79.4 Å². The van der Waals surface area contributed by atoms with Gasteiger partial charge >= 0.3 is 0 Å². The van der Waals surface area contributed by atoms with Crippen molar-refractivity contribution in [2.24, 2.45) is 7.05 Å². The third-order valence-corrected chi connectivity index (χ3v) is 2.70. The van der Waals surface area contributed by atoms with Gasteiger partial charge in [0.25, 0.3) is 0 Å². The van der Waals surface area contributed by atoms with Crippen LogP contribution in [0.5, 0.6) is 0 Å². The Morgan fingerprint density at radius 2 is 2.22 bits per heavy atom. The summed E-state index contributed by atoms with van der Waals surface area (Å²) >= 11 is 0. The molecule has 6 heteroatoms. The Morgan fingerprint density at radius 3 is 2.89 bits per heavy atom. The summed E-state index contributed by atoms with van der Waals surface area (Å²) in [6.45, 7) is 2.62. The van der Waals surface area contributed by atoms with Crippen LogP contribution in [0.15, 0.2) is 18.2 Å². The Hall–Kier alpha value is -2.42. The second-order valence-corrected chi connectivity index (χ2v) is 3.92. The molecule has 0 atom stereocenters. The minimum absolute atomic E-state index is 0.412. The summed E-state index contributed by atoms with van der Waals surface area (Å²) < 4.78 is 1.96. The van der Waals surface area contributed by atoms with Gasteiger partial charge in [0, 0.05) is 20.0 Å². The Bertz CT molecular complexity index is 580. The molecule has 0 aromatic carbocycles. The molecule has 2 aromatic heterocycles. The molecule has 2 rings (SSSR count). The Labute approximate surface area is 105 Å². The first kappa shape index (κ1) is 12.0. The van der Waals surface area contributed by atoms with E-state index in [0.29, 0.717) is 18.1 Å². The fourth-order valence-corrected chi connectivity index (χ4v) is 1.57. The van der Waals surface area contributed by atoms with E-state index < -0.39 is 0 Å². The minimum atomic E-state index is 0.412. The van der Waals surface area contributed by atoms with Gasteiger partial charge in [-0.1, -0.05) is 6.07 Å². The van der Waals surface area contributed by atoms with Crippen LogP contribution in [0.1, 0.15) is 17.3 Å². The second kappa shape index (κ2) is 5.27. The lowest BCUT2D eigenvalue weighted by Gasteiger charge is -2.05. The molecule has 6 nitrogen and oxygen atoms in total. The van der Waals surface area contributed by atoms with Gasteiger partial charge in [-0.2, -0.15) is 5.26 Å². The molecule has 0 unspecified atom stereocenters. The maximum atomic E-state index is 8.74. The van der Waals surface area contributed by atoms with E-state index in [2.05, 4.69) is 20.5 Å². The molecule has 18 heavy (non-hydrogen) atoms. The fraction of sp³-hybridized carbons (Fsp3) is 0.333. The molecule has 2 heterocycles. The zero-order valence-corrected chi connectivity index (χ0v) is 10.4. The van der Waals surface area contributed by atoms with E-state index in [1.165, 1.54) is 0 Å². The van der Waals surface area contributed by atoms with Crippen LogP contribution in [0.25, 0.3) is 0 Å². The van der Waals surface area contributed by atoms with Crippen LogP contribution in [0.4, 0.5) is 5.82 Å². The molecule has 92 valence electrons. The highest BCUT2D eigenvalue weighted by Gasteiger charge is 2.04. The van der Waals surface area contributed by atoms with Crippen LogP contribution in [0.3, 0.4) is 0 Å². The monoisotopic (exact) mass is 242 g/mol. The lowest BCUT2D eigenvalue weighted by Crippen LogP contribution is -2.10. The van der Waals surface area contributed by atoms with Crippen molar-refractivity contribution in [3.8, 4) is 6.07 Å². The number of pyridine rings is 1. The van der Waals surface area contributed by atoms with Crippen LogP contribution in [-0.2, 0) is 13.5 Å². The first-order valence-electron chi connectivity index (χ1n) is 5.66. The Morgan fingerprint density at radius 1 is 1.39 bits per heavy atom. The number of nitriles is 1. The summed E-state index contributed by atoms with van der Waals surface area (Å²) in [5.74, 6) is 2.53. The molecule has 2 aromatic rings. The molecule has 0 aliphatic heterocycles. The molecule has 0 saturated carbocycles. The number of nitrogens with zero attached hydrogens (tertiary/aromatic N) is 5. The largest absolute Gasteiger partial charge is 0.370 e.